The number of likely N-dealkylation sites (N-methyl/N-ethyl adjacent to an activating group) is 1. The maximum Gasteiger partial charge on any atom is 0.239 e. The normalized spacial score (nSPS) is 16.9. The van der Waals surface area contributed by atoms with Crippen molar-refractivity contribution in [3.63, 3.8) is 0 Å². The number of nitrogens with zero attached hydrogens (tertiary/aromatic N) is 1. The molecular formula is C13H18N2O. The molecule has 1 aromatic carbocycles. The lowest BCUT2D eigenvalue weighted by atomic mass is 10.1. The van der Waals surface area contributed by atoms with E-state index in [-0.39, 0.29) is 5.91 Å². The molecule has 1 unspecified atom stereocenters. The van der Waals surface area contributed by atoms with Crippen molar-refractivity contribution in [3.8, 4) is 0 Å². The molecule has 0 heterocycles. The molecule has 2 rings (SSSR count). The van der Waals surface area contributed by atoms with Crippen LogP contribution in [-0.2, 0) is 11.2 Å². The number of rotatable bonds is 4. The number of benzene rings is 1. The Kier molecular flexibility index (Phi) is 3.25. The summed E-state index contributed by atoms with van der Waals surface area (Å²) >= 11 is 0. The minimum Gasteiger partial charge on any atom is -0.341 e. The molecule has 0 saturated heterocycles. The third-order valence-electron chi connectivity index (χ3n) is 3.06. The monoisotopic (exact) mass is 218 g/mol. The molecule has 1 amide bonds. The molecule has 16 heavy (non-hydrogen) atoms. The molecule has 3 heteroatoms. The van der Waals surface area contributed by atoms with Gasteiger partial charge in [-0.25, -0.2) is 0 Å². The Bertz CT molecular complexity index is 359. The van der Waals surface area contributed by atoms with Gasteiger partial charge < -0.3 is 10.6 Å². The molecule has 0 spiro atoms. The van der Waals surface area contributed by atoms with Crippen LogP contribution in [0.15, 0.2) is 30.3 Å². The van der Waals surface area contributed by atoms with Crippen molar-refractivity contribution < 1.29 is 4.79 Å². The van der Waals surface area contributed by atoms with Crippen LogP contribution >= 0.6 is 0 Å². The molecule has 1 aliphatic rings. The third-order valence-corrected chi connectivity index (χ3v) is 3.06. The summed E-state index contributed by atoms with van der Waals surface area (Å²) < 4.78 is 0. The van der Waals surface area contributed by atoms with Crippen molar-refractivity contribution in [3.05, 3.63) is 35.9 Å². The maximum absolute atomic E-state index is 11.9. The van der Waals surface area contributed by atoms with Gasteiger partial charge in [0, 0.05) is 13.1 Å². The molecule has 1 fully saturated rings. The zero-order valence-corrected chi connectivity index (χ0v) is 9.60. The molecule has 0 aromatic heterocycles. The zero-order valence-electron chi connectivity index (χ0n) is 9.60. The lowest BCUT2D eigenvalue weighted by Gasteiger charge is -2.20. The van der Waals surface area contributed by atoms with Crippen LogP contribution in [0.5, 0.6) is 0 Å². The van der Waals surface area contributed by atoms with Gasteiger partial charge in [0.25, 0.3) is 0 Å². The lowest BCUT2D eigenvalue weighted by Crippen LogP contribution is -2.44. The van der Waals surface area contributed by atoms with Crippen molar-refractivity contribution in [2.24, 2.45) is 5.73 Å². The highest BCUT2D eigenvalue weighted by Gasteiger charge is 2.31. The van der Waals surface area contributed by atoms with Gasteiger partial charge in [0.05, 0.1) is 6.04 Å². The van der Waals surface area contributed by atoms with E-state index < -0.39 is 6.04 Å². The van der Waals surface area contributed by atoms with E-state index in [1.165, 1.54) is 0 Å². The molecule has 86 valence electrons. The molecular weight excluding hydrogens is 200 g/mol. The second-order valence-electron chi connectivity index (χ2n) is 4.48. The van der Waals surface area contributed by atoms with E-state index in [0.717, 1.165) is 18.4 Å². The topological polar surface area (TPSA) is 46.3 Å². The Hall–Kier alpha value is -1.35. The van der Waals surface area contributed by atoms with Gasteiger partial charge in [-0.05, 0) is 24.8 Å². The first-order valence-electron chi connectivity index (χ1n) is 5.74. The Balaban J connectivity index is 1.92. The molecule has 1 aromatic rings. The van der Waals surface area contributed by atoms with Crippen LogP contribution in [0, 0.1) is 0 Å². The van der Waals surface area contributed by atoms with Crippen LogP contribution in [0.4, 0.5) is 0 Å². The molecule has 1 aliphatic carbocycles. The van der Waals surface area contributed by atoms with Crippen LogP contribution in [0.2, 0.25) is 0 Å². The predicted octanol–water partition coefficient (Wildman–Crippen LogP) is 1.18. The quantitative estimate of drug-likeness (QED) is 0.824. The van der Waals surface area contributed by atoms with E-state index in [2.05, 4.69) is 0 Å². The van der Waals surface area contributed by atoms with E-state index in [1.807, 2.05) is 37.4 Å². The number of hydrogen-bond donors (Lipinski definition) is 1. The first-order valence-corrected chi connectivity index (χ1v) is 5.74. The summed E-state index contributed by atoms with van der Waals surface area (Å²) in [4.78, 5) is 13.7. The number of carbonyl (C=O) groups excluding carboxylic acids is 1. The SMILES string of the molecule is CN(C(=O)C(N)Cc1ccccc1)C1CC1. The molecule has 3 nitrogen and oxygen atoms in total. The highest BCUT2D eigenvalue weighted by molar-refractivity contribution is 5.82. The Morgan fingerprint density at radius 3 is 2.62 bits per heavy atom. The highest BCUT2D eigenvalue weighted by Crippen LogP contribution is 2.25. The number of nitrogens with two attached hydrogens (primary N) is 1. The second kappa shape index (κ2) is 4.66. The number of amides is 1. The summed E-state index contributed by atoms with van der Waals surface area (Å²) in [6.45, 7) is 0. The minimum absolute atomic E-state index is 0.0614. The van der Waals surface area contributed by atoms with Crippen molar-refractivity contribution in [2.75, 3.05) is 7.05 Å². The Labute approximate surface area is 96.2 Å². The van der Waals surface area contributed by atoms with Crippen molar-refractivity contribution in [2.45, 2.75) is 31.3 Å². The van der Waals surface area contributed by atoms with E-state index >= 15 is 0 Å². The summed E-state index contributed by atoms with van der Waals surface area (Å²) in [5, 5.41) is 0. The fraction of sp³-hybridized carbons (Fsp3) is 0.462. The van der Waals surface area contributed by atoms with Gasteiger partial charge in [-0.15, -0.1) is 0 Å². The molecule has 2 N–H and O–H groups in total. The van der Waals surface area contributed by atoms with Crippen molar-refractivity contribution in [1.29, 1.82) is 0 Å². The first kappa shape index (κ1) is 11.1. The summed E-state index contributed by atoms with van der Waals surface area (Å²) in [5.74, 6) is 0.0614. The van der Waals surface area contributed by atoms with Crippen molar-refractivity contribution in [1.82, 2.24) is 4.90 Å². The summed E-state index contributed by atoms with van der Waals surface area (Å²) in [7, 11) is 1.85. The van der Waals surface area contributed by atoms with Crippen LogP contribution in [-0.4, -0.2) is 29.9 Å². The molecule has 1 atom stereocenters. The van der Waals surface area contributed by atoms with E-state index in [4.69, 9.17) is 5.73 Å². The Morgan fingerprint density at radius 2 is 2.06 bits per heavy atom. The molecule has 0 radical (unpaired) electrons. The van der Waals surface area contributed by atoms with Crippen LogP contribution < -0.4 is 5.73 Å². The predicted molar refractivity (Wildman–Crippen MR) is 63.9 cm³/mol. The van der Waals surface area contributed by atoms with E-state index in [9.17, 15) is 4.79 Å². The van der Waals surface area contributed by atoms with Gasteiger partial charge in [-0.2, -0.15) is 0 Å². The van der Waals surface area contributed by atoms with Gasteiger partial charge in [0.1, 0.15) is 0 Å². The summed E-state index contributed by atoms with van der Waals surface area (Å²) in [5.41, 5.74) is 7.04. The maximum atomic E-state index is 11.9. The van der Waals surface area contributed by atoms with Gasteiger partial charge in [-0.1, -0.05) is 30.3 Å². The van der Waals surface area contributed by atoms with Gasteiger partial charge >= 0.3 is 0 Å². The average Bonchev–Trinajstić information content (AvgIpc) is 3.12. The summed E-state index contributed by atoms with van der Waals surface area (Å²) in [6, 6.07) is 9.94. The fourth-order valence-electron chi connectivity index (χ4n) is 1.86. The zero-order chi connectivity index (χ0) is 11.5. The second-order valence-corrected chi connectivity index (χ2v) is 4.48. The number of hydrogen-bond acceptors (Lipinski definition) is 2. The largest absolute Gasteiger partial charge is 0.341 e. The van der Waals surface area contributed by atoms with E-state index in [0.29, 0.717) is 12.5 Å². The van der Waals surface area contributed by atoms with E-state index in [1.54, 1.807) is 4.90 Å². The fourth-order valence-corrected chi connectivity index (χ4v) is 1.86. The lowest BCUT2D eigenvalue weighted by molar-refractivity contribution is -0.131. The first-order chi connectivity index (χ1) is 7.68. The minimum atomic E-state index is -0.409. The molecule has 0 bridgehead atoms. The highest BCUT2D eigenvalue weighted by atomic mass is 16.2. The van der Waals surface area contributed by atoms with Gasteiger partial charge in [0.2, 0.25) is 5.91 Å². The van der Waals surface area contributed by atoms with Crippen LogP contribution in [0.1, 0.15) is 18.4 Å². The van der Waals surface area contributed by atoms with Gasteiger partial charge in [0.15, 0.2) is 0 Å². The van der Waals surface area contributed by atoms with Crippen LogP contribution in [0.3, 0.4) is 0 Å². The number of carbonyl (C=O) groups is 1. The average molecular weight is 218 g/mol. The Morgan fingerprint density at radius 1 is 1.44 bits per heavy atom. The smallest absolute Gasteiger partial charge is 0.239 e. The standard InChI is InChI=1S/C13H18N2O/c1-15(11-7-8-11)13(16)12(14)9-10-5-3-2-4-6-10/h2-6,11-12H,7-9,14H2,1H3. The third kappa shape index (κ3) is 2.61. The molecule has 1 saturated carbocycles. The van der Waals surface area contributed by atoms with Gasteiger partial charge in [-0.3, -0.25) is 4.79 Å². The molecule has 0 aliphatic heterocycles. The summed E-state index contributed by atoms with van der Waals surface area (Å²) in [6.07, 6.45) is 2.87. The van der Waals surface area contributed by atoms with Crippen molar-refractivity contribution >= 4 is 5.91 Å². The van der Waals surface area contributed by atoms with Crippen LogP contribution in [0.25, 0.3) is 0 Å².